The largest absolute Gasteiger partial charge is 0.317 e. The van der Waals surface area contributed by atoms with E-state index >= 15 is 0 Å². The topological polar surface area (TPSA) is 28.2 Å². The molecule has 1 N–H and O–H groups in total. The summed E-state index contributed by atoms with van der Waals surface area (Å²) >= 11 is 1.84. The lowest BCUT2D eigenvalue weighted by atomic mass is 9.97. The van der Waals surface area contributed by atoms with Crippen LogP contribution in [0, 0.1) is 5.92 Å². The van der Waals surface area contributed by atoms with Gasteiger partial charge in [0.05, 0.1) is 16.8 Å². The first-order chi connectivity index (χ1) is 10.2. The molecule has 114 valence electrons. The average molecular weight is 303 g/mol. The number of thiazole rings is 1. The summed E-state index contributed by atoms with van der Waals surface area (Å²) in [7, 11) is 0. The Morgan fingerprint density at radius 2 is 2.05 bits per heavy atom. The smallest absolute Gasteiger partial charge is 0.108 e. The highest BCUT2D eigenvalue weighted by molar-refractivity contribution is 7.18. The molecule has 0 amide bonds. The molecule has 0 saturated carbocycles. The molecule has 0 aliphatic carbocycles. The quantitative estimate of drug-likeness (QED) is 0.916. The van der Waals surface area contributed by atoms with Gasteiger partial charge in [0.25, 0.3) is 0 Å². The molecule has 1 aromatic carbocycles. The van der Waals surface area contributed by atoms with Gasteiger partial charge in [0.15, 0.2) is 0 Å². The van der Waals surface area contributed by atoms with Crippen LogP contribution in [-0.4, -0.2) is 35.6 Å². The maximum Gasteiger partial charge on any atom is 0.108 e. The molecule has 0 spiro atoms. The van der Waals surface area contributed by atoms with E-state index < -0.39 is 0 Å². The first-order valence-corrected chi connectivity index (χ1v) is 8.83. The van der Waals surface area contributed by atoms with Gasteiger partial charge >= 0.3 is 0 Å². The van der Waals surface area contributed by atoms with E-state index in [9.17, 15) is 0 Å². The van der Waals surface area contributed by atoms with Gasteiger partial charge in [-0.15, -0.1) is 11.3 Å². The third-order valence-electron chi connectivity index (χ3n) is 4.36. The van der Waals surface area contributed by atoms with E-state index in [-0.39, 0.29) is 0 Å². The summed E-state index contributed by atoms with van der Waals surface area (Å²) in [6, 6.07) is 9.03. The minimum absolute atomic E-state index is 0.576. The van der Waals surface area contributed by atoms with E-state index in [1.54, 1.807) is 0 Å². The molecular weight excluding hydrogens is 278 g/mol. The number of hydrogen-bond donors (Lipinski definition) is 1. The Balaban J connectivity index is 1.68. The summed E-state index contributed by atoms with van der Waals surface area (Å²) in [4.78, 5) is 7.38. The number of nitrogens with one attached hydrogen (secondary N) is 1. The molecule has 3 nitrogen and oxygen atoms in total. The van der Waals surface area contributed by atoms with Crippen molar-refractivity contribution in [3.05, 3.63) is 29.3 Å². The molecule has 1 fully saturated rings. The maximum absolute atomic E-state index is 4.79. The van der Waals surface area contributed by atoms with Crippen molar-refractivity contribution >= 4 is 21.6 Å². The van der Waals surface area contributed by atoms with Crippen molar-refractivity contribution in [1.82, 2.24) is 15.2 Å². The molecule has 21 heavy (non-hydrogen) atoms. The zero-order valence-corrected chi connectivity index (χ0v) is 13.8. The van der Waals surface area contributed by atoms with Crippen LogP contribution < -0.4 is 5.32 Å². The lowest BCUT2D eigenvalue weighted by Gasteiger charge is -2.32. The lowest BCUT2D eigenvalue weighted by molar-refractivity contribution is 0.161. The number of benzene rings is 1. The Bertz CT molecular complexity index is 539. The molecule has 0 radical (unpaired) electrons. The van der Waals surface area contributed by atoms with Crippen LogP contribution in [0.15, 0.2) is 24.3 Å². The first-order valence-electron chi connectivity index (χ1n) is 8.01. The first kappa shape index (κ1) is 14.9. The second kappa shape index (κ2) is 6.86. The molecule has 1 aliphatic heterocycles. The molecule has 0 bridgehead atoms. The van der Waals surface area contributed by atoms with E-state index in [0.29, 0.717) is 6.04 Å². The van der Waals surface area contributed by atoms with Crippen molar-refractivity contribution in [3.63, 3.8) is 0 Å². The molecule has 1 aromatic heterocycles. The van der Waals surface area contributed by atoms with Gasteiger partial charge in [-0.1, -0.05) is 12.1 Å². The second-order valence-corrected chi connectivity index (χ2v) is 7.41. The van der Waals surface area contributed by atoms with Crippen LogP contribution in [0.3, 0.4) is 0 Å². The fourth-order valence-electron chi connectivity index (χ4n) is 3.02. The highest BCUT2D eigenvalue weighted by Gasteiger charge is 2.20. The van der Waals surface area contributed by atoms with Crippen molar-refractivity contribution in [2.75, 3.05) is 19.6 Å². The Kier molecular flexibility index (Phi) is 4.88. The van der Waals surface area contributed by atoms with Crippen LogP contribution >= 0.6 is 11.3 Å². The minimum Gasteiger partial charge on any atom is -0.317 e. The monoisotopic (exact) mass is 303 g/mol. The highest BCUT2D eigenvalue weighted by atomic mass is 32.1. The number of rotatable bonds is 5. The minimum atomic E-state index is 0.576. The number of aromatic nitrogens is 1. The standard InChI is InChI=1S/C17H25N3S/c1-13(2)20(11-14-7-9-18-10-8-14)12-17-19-15-5-3-4-6-16(15)21-17/h3-6,13-14,18H,7-12H2,1-2H3. The predicted molar refractivity (Wildman–Crippen MR) is 90.8 cm³/mol. The SMILES string of the molecule is CC(C)N(Cc1nc2ccccc2s1)CC1CCNCC1. The van der Waals surface area contributed by atoms with Crippen LogP contribution in [-0.2, 0) is 6.54 Å². The van der Waals surface area contributed by atoms with Crippen LogP contribution in [0.5, 0.6) is 0 Å². The van der Waals surface area contributed by atoms with E-state index in [2.05, 4.69) is 48.3 Å². The zero-order valence-electron chi connectivity index (χ0n) is 13.0. The van der Waals surface area contributed by atoms with Gasteiger partial charge in [0.2, 0.25) is 0 Å². The van der Waals surface area contributed by atoms with Crippen LogP contribution in [0.1, 0.15) is 31.7 Å². The lowest BCUT2D eigenvalue weighted by Crippen LogP contribution is -2.39. The number of fused-ring (bicyclic) bond motifs is 1. The molecular formula is C17H25N3S. The van der Waals surface area contributed by atoms with E-state index in [4.69, 9.17) is 4.98 Å². The van der Waals surface area contributed by atoms with Gasteiger partial charge < -0.3 is 5.32 Å². The van der Waals surface area contributed by atoms with E-state index in [0.717, 1.165) is 18.0 Å². The van der Waals surface area contributed by atoms with Crippen LogP contribution in [0.4, 0.5) is 0 Å². The fourth-order valence-corrected chi connectivity index (χ4v) is 4.01. The normalized spacial score (nSPS) is 17.1. The number of nitrogens with zero attached hydrogens (tertiary/aromatic N) is 2. The molecule has 1 aliphatic rings. The molecule has 2 heterocycles. The van der Waals surface area contributed by atoms with E-state index in [1.165, 1.54) is 42.2 Å². The molecule has 1 saturated heterocycles. The highest BCUT2D eigenvalue weighted by Crippen LogP contribution is 2.24. The van der Waals surface area contributed by atoms with Crippen molar-refractivity contribution in [3.8, 4) is 0 Å². The molecule has 0 unspecified atom stereocenters. The Morgan fingerprint density at radius 1 is 1.29 bits per heavy atom. The van der Waals surface area contributed by atoms with Crippen molar-refractivity contribution < 1.29 is 0 Å². The summed E-state index contributed by atoms with van der Waals surface area (Å²) in [5.74, 6) is 0.836. The summed E-state index contributed by atoms with van der Waals surface area (Å²) < 4.78 is 1.30. The Labute approximate surface area is 131 Å². The summed E-state index contributed by atoms with van der Waals surface area (Å²) in [5.41, 5.74) is 1.14. The maximum atomic E-state index is 4.79. The van der Waals surface area contributed by atoms with Crippen molar-refractivity contribution in [2.24, 2.45) is 5.92 Å². The number of hydrogen-bond acceptors (Lipinski definition) is 4. The molecule has 2 aromatic rings. The van der Waals surface area contributed by atoms with E-state index in [1.807, 2.05) is 11.3 Å². The van der Waals surface area contributed by atoms with Gasteiger partial charge in [0.1, 0.15) is 5.01 Å². The Morgan fingerprint density at radius 3 is 2.76 bits per heavy atom. The second-order valence-electron chi connectivity index (χ2n) is 6.29. The van der Waals surface area contributed by atoms with Gasteiger partial charge in [-0.2, -0.15) is 0 Å². The zero-order chi connectivity index (χ0) is 14.7. The Hall–Kier alpha value is -0.970. The van der Waals surface area contributed by atoms with Gasteiger partial charge in [-0.3, -0.25) is 4.90 Å². The number of piperidine rings is 1. The average Bonchev–Trinajstić information content (AvgIpc) is 2.90. The predicted octanol–water partition coefficient (Wildman–Crippen LogP) is 3.51. The van der Waals surface area contributed by atoms with Crippen molar-refractivity contribution in [2.45, 2.75) is 39.3 Å². The molecule has 0 atom stereocenters. The van der Waals surface area contributed by atoms with Gasteiger partial charge in [0, 0.05) is 12.6 Å². The molecule has 4 heteroatoms. The van der Waals surface area contributed by atoms with Crippen molar-refractivity contribution in [1.29, 1.82) is 0 Å². The number of para-hydroxylation sites is 1. The molecule has 3 rings (SSSR count). The third kappa shape index (κ3) is 3.82. The fraction of sp³-hybridized carbons (Fsp3) is 0.588. The van der Waals surface area contributed by atoms with Crippen LogP contribution in [0.25, 0.3) is 10.2 Å². The summed E-state index contributed by atoms with van der Waals surface area (Å²) in [6.07, 6.45) is 2.62. The van der Waals surface area contributed by atoms with Gasteiger partial charge in [-0.05, 0) is 57.8 Å². The summed E-state index contributed by atoms with van der Waals surface area (Å²) in [6.45, 7) is 9.15. The summed E-state index contributed by atoms with van der Waals surface area (Å²) in [5, 5.41) is 4.70. The van der Waals surface area contributed by atoms with Gasteiger partial charge in [-0.25, -0.2) is 4.98 Å². The third-order valence-corrected chi connectivity index (χ3v) is 5.38. The van der Waals surface area contributed by atoms with Crippen LogP contribution in [0.2, 0.25) is 0 Å².